The summed E-state index contributed by atoms with van der Waals surface area (Å²) >= 11 is 0. The van der Waals surface area contributed by atoms with Gasteiger partial charge in [0, 0.05) is 19.3 Å². The van der Waals surface area contributed by atoms with Gasteiger partial charge in [0.15, 0.2) is 12.2 Å². The zero-order valence-electron chi connectivity index (χ0n) is 64.8. The fraction of sp³-hybridized carbons (Fsp3) is 0.540. The zero-order valence-corrected chi connectivity index (χ0v) is 66.5. The van der Waals surface area contributed by atoms with E-state index in [0.717, 1.165) is 161 Å². The van der Waals surface area contributed by atoms with Gasteiger partial charge in [-0.1, -0.05) is 272 Å². The molecule has 594 valence electrons. The quantitative estimate of drug-likeness (QED) is 0.0169. The fourth-order valence-corrected chi connectivity index (χ4v) is 10.8. The molecule has 0 aliphatic rings. The van der Waals surface area contributed by atoms with Crippen LogP contribution in [0.25, 0.3) is 0 Å². The summed E-state index contributed by atoms with van der Waals surface area (Å²) in [6.07, 6.45) is 96.8. The highest BCUT2D eigenvalue weighted by atomic mass is 31.2. The van der Waals surface area contributed by atoms with Gasteiger partial charge in [0.25, 0.3) is 0 Å². The van der Waals surface area contributed by atoms with Crippen molar-refractivity contribution in [1.82, 2.24) is 0 Å². The van der Waals surface area contributed by atoms with Crippen LogP contribution >= 0.6 is 15.6 Å². The number of hydrogen-bond acceptors (Lipinski definition) is 15. The minimum atomic E-state index is -5.03. The number of allylic oxidation sites excluding steroid dienone is 35. The summed E-state index contributed by atoms with van der Waals surface area (Å²) < 4.78 is 68.3. The molecule has 17 nitrogen and oxygen atoms in total. The monoisotopic (exact) mass is 1510 g/mol. The molecular weight excluding hydrogens is 1380 g/mol. The Morgan fingerprint density at radius 1 is 0.274 bits per heavy atom. The summed E-state index contributed by atoms with van der Waals surface area (Å²) in [6, 6.07) is 0. The molecule has 0 fully saturated rings. The topological polar surface area (TPSA) is 237 Å². The zero-order chi connectivity index (χ0) is 77.4. The third-order valence-corrected chi connectivity index (χ3v) is 16.9. The lowest BCUT2D eigenvalue weighted by atomic mass is 10.1. The molecule has 19 heteroatoms. The van der Waals surface area contributed by atoms with Crippen molar-refractivity contribution in [2.75, 3.05) is 39.6 Å². The summed E-state index contributed by atoms with van der Waals surface area (Å²) in [5, 5.41) is 10.6. The van der Waals surface area contributed by atoms with Gasteiger partial charge >= 0.3 is 39.5 Å². The Morgan fingerprint density at radius 3 is 0.821 bits per heavy atom. The molecule has 0 amide bonds. The first kappa shape index (κ1) is 99.4. The Hall–Kier alpha value is -6.62. The number of aliphatic hydroxyl groups excluding tert-OH is 1. The molecule has 5 atom stereocenters. The normalized spacial score (nSPS) is 15.0. The predicted octanol–water partition coefficient (Wildman–Crippen LogP) is 22.9. The van der Waals surface area contributed by atoms with Crippen LogP contribution in [0.15, 0.2) is 219 Å². The Kier molecular flexibility index (Phi) is 71.8. The fourth-order valence-electron chi connectivity index (χ4n) is 9.19. The second-order valence-electron chi connectivity index (χ2n) is 24.8. The molecule has 0 aromatic rings. The van der Waals surface area contributed by atoms with Crippen LogP contribution in [-0.4, -0.2) is 96.7 Å². The smallest absolute Gasteiger partial charge is 0.462 e. The molecular formula is C87H134O17P2. The molecule has 0 saturated heterocycles. The van der Waals surface area contributed by atoms with E-state index in [-0.39, 0.29) is 25.7 Å². The highest BCUT2D eigenvalue weighted by Gasteiger charge is 2.30. The van der Waals surface area contributed by atoms with Crippen LogP contribution in [0.5, 0.6) is 0 Å². The number of unbranched alkanes of at least 4 members (excludes halogenated alkanes) is 9. The van der Waals surface area contributed by atoms with Crippen molar-refractivity contribution >= 4 is 39.5 Å². The molecule has 0 bridgehead atoms. The summed E-state index contributed by atoms with van der Waals surface area (Å²) in [4.78, 5) is 72.9. The third kappa shape index (κ3) is 75.6. The number of ether oxygens (including phenoxy) is 4. The van der Waals surface area contributed by atoms with Crippen LogP contribution in [0.2, 0.25) is 0 Å². The standard InChI is InChI=1S/C87H134O17P2/c1-5-9-13-17-21-25-29-33-37-40-44-47-51-55-59-63-67-71-84(89)97-77-82(103-86(91)73-69-65-61-57-53-49-43-36-32-28-24-20-16-12-8-4)79-101-105(93,94)99-75-81(88)76-100-106(95,96)102-80-83(104-87(92)74-70-66-62-58-54-50-46-42-39-35-31-27-23-19-15-11-7-3)78-98-85(90)72-68-64-60-56-52-48-45-41-38-34-30-26-22-18-14-10-6-2/h9-16,21-28,33-39,43-48,50,53,56-57,60,65,69,81-83,88H,5-8,17-20,29-32,40-42,49,51-52,54-55,58-59,61-64,66-68,70-80H2,1-4H3,(H,93,94)(H,95,96)/b13-9-,14-10-,15-11-,16-12-,25-21-,26-22-,27-23-,28-24-,37-33-,38-34-,39-35-,43-36-,47-44-,48-45-,50-46-,57-53-,60-56-,69-65-. The van der Waals surface area contributed by atoms with E-state index in [1.54, 1.807) is 12.2 Å². The Morgan fingerprint density at radius 2 is 0.509 bits per heavy atom. The average molecular weight is 1510 g/mol. The molecule has 0 saturated carbocycles. The van der Waals surface area contributed by atoms with Gasteiger partial charge in [-0.3, -0.25) is 37.3 Å². The maximum atomic E-state index is 13.1. The summed E-state index contributed by atoms with van der Waals surface area (Å²) in [5.41, 5.74) is 0. The highest BCUT2D eigenvalue weighted by molar-refractivity contribution is 7.47. The molecule has 3 N–H and O–H groups in total. The molecule has 106 heavy (non-hydrogen) atoms. The van der Waals surface area contributed by atoms with Crippen molar-refractivity contribution in [1.29, 1.82) is 0 Å². The van der Waals surface area contributed by atoms with Crippen LogP contribution in [0.1, 0.15) is 246 Å². The first-order chi connectivity index (χ1) is 51.7. The lowest BCUT2D eigenvalue weighted by Crippen LogP contribution is -2.30. The molecule has 0 spiro atoms. The Labute approximate surface area is 639 Å². The summed E-state index contributed by atoms with van der Waals surface area (Å²) in [5.74, 6) is -2.48. The molecule has 0 aromatic heterocycles. The van der Waals surface area contributed by atoms with Gasteiger partial charge < -0.3 is 33.8 Å². The van der Waals surface area contributed by atoms with Gasteiger partial charge in [-0.25, -0.2) is 9.13 Å². The number of hydrogen-bond donors (Lipinski definition) is 3. The molecule has 0 rings (SSSR count). The van der Waals surface area contributed by atoms with Crippen molar-refractivity contribution in [3.63, 3.8) is 0 Å². The van der Waals surface area contributed by atoms with Crippen molar-refractivity contribution in [3.05, 3.63) is 219 Å². The van der Waals surface area contributed by atoms with E-state index < -0.39 is 97.5 Å². The summed E-state index contributed by atoms with van der Waals surface area (Å²) in [7, 11) is -10.0. The van der Waals surface area contributed by atoms with Gasteiger partial charge in [0.05, 0.1) is 32.8 Å². The van der Waals surface area contributed by atoms with Crippen LogP contribution in [-0.2, 0) is 65.4 Å². The van der Waals surface area contributed by atoms with Gasteiger partial charge in [0.1, 0.15) is 19.3 Å². The molecule has 0 aliphatic carbocycles. The lowest BCUT2D eigenvalue weighted by Gasteiger charge is -2.21. The predicted molar refractivity (Wildman–Crippen MR) is 435 cm³/mol. The van der Waals surface area contributed by atoms with Gasteiger partial charge in [-0.2, -0.15) is 0 Å². The molecule has 0 radical (unpaired) electrons. The maximum absolute atomic E-state index is 13.1. The van der Waals surface area contributed by atoms with Crippen molar-refractivity contribution in [2.24, 2.45) is 0 Å². The van der Waals surface area contributed by atoms with Gasteiger partial charge in [-0.05, 0) is 167 Å². The molecule has 5 unspecified atom stereocenters. The van der Waals surface area contributed by atoms with Gasteiger partial charge in [0.2, 0.25) is 0 Å². The van der Waals surface area contributed by atoms with Crippen LogP contribution in [0.4, 0.5) is 0 Å². The van der Waals surface area contributed by atoms with E-state index >= 15 is 0 Å². The number of carbonyl (C=O) groups excluding carboxylic acids is 4. The average Bonchev–Trinajstić information content (AvgIpc) is 0.902. The highest BCUT2D eigenvalue weighted by Crippen LogP contribution is 2.45. The number of phosphoric acid groups is 2. The minimum absolute atomic E-state index is 0.0416. The first-order valence-corrected chi connectivity index (χ1v) is 42.0. The lowest BCUT2D eigenvalue weighted by molar-refractivity contribution is -0.161. The number of aliphatic hydroxyl groups is 1. The van der Waals surface area contributed by atoms with E-state index in [1.807, 2.05) is 24.3 Å². The van der Waals surface area contributed by atoms with E-state index in [1.165, 1.54) is 0 Å². The second-order valence-corrected chi connectivity index (χ2v) is 27.7. The van der Waals surface area contributed by atoms with E-state index in [4.69, 9.17) is 37.0 Å². The molecule has 0 aliphatic heterocycles. The van der Waals surface area contributed by atoms with Crippen molar-refractivity contribution in [2.45, 2.75) is 264 Å². The largest absolute Gasteiger partial charge is 0.472 e. The first-order valence-electron chi connectivity index (χ1n) is 39.0. The van der Waals surface area contributed by atoms with Crippen LogP contribution in [0, 0.1) is 0 Å². The SMILES string of the molecule is CC/C=C\C/C=C\C/C=C\C/C=C\C/C=C\CCCC(=O)OCC(COP(=O)(O)OCC(O)COP(=O)(O)OCC(COC(=O)CCCCCC/C=C\C/C=C\C/C=C\C/C=C\CC)OC(=O)C/C=C\C/C=C\C/C=C\C/C=C\C/C=C\CC)OC(=O)CCCCCC/C=C\C/C=C\C/C=C\C/C=C\CC. The molecule has 0 heterocycles. The maximum Gasteiger partial charge on any atom is 0.472 e. The van der Waals surface area contributed by atoms with E-state index in [9.17, 15) is 43.2 Å². The number of esters is 4. The van der Waals surface area contributed by atoms with E-state index in [2.05, 4.69) is 210 Å². The van der Waals surface area contributed by atoms with Crippen molar-refractivity contribution in [3.8, 4) is 0 Å². The second kappa shape index (κ2) is 76.6. The number of carbonyl (C=O) groups is 4. The number of rotatable bonds is 70. The van der Waals surface area contributed by atoms with Crippen LogP contribution in [0.3, 0.4) is 0 Å². The van der Waals surface area contributed by atoms with Crippen molar-refractivity contribution < 1.29 is 80.2 Å². The third-order valence-electron chi connectivity index (χ3n) is 15.0. The number of phosphoric ester groups is 2. The Bertz CT molecular complexity index is 2880. The Balaban J connectivity index is 5.56. The van der Waals surface area contributed by atoms with Gasteiger partial charge in [-0.15, -0.1) is 0 Å². The van der Waals surface area contributed by atoms with E-state index in [0.29, 0.717) is 32.1 Å². The summed E-state index contributed by atoms with van der Waals surface area (Å²) in [6.45, 7) is 4.13. The van der Waals surface area contributed by atoms with Crippen LogP contribution < -0.4 is 0 Å². The minimum Gasteiger partial charge on any atom is -0.462 e. The molecule has 0 aromatic carbocycles.